The highest BCUT2D eigenvalue weighted by Gasteiger charge is 2.57. The minimum atomic E-state index is -1.83. The second-order valence-electron chi connectivity index (χ2n) is 10.7. The molecule has 7 heteroatoms. The fraction of sp³-hybridized carbons (Fsp3) is 0.517. The highest BCUT2D eigenvalue weighted by Crippen LogP contribution is 2.47. The average Bonchev–Trinajstić information content (AvgIpc) is 3.44. The number of rotatable bonds is 7. The van der Waals surface area contributed by atoms with Crippen LogP contribution in [-0.2, 0) is 24.7 Å². The third kappa shape index (κ3) is 4.23. The zero-order valence-corrected chi connectivity index (χ0v) is 20.9. The summed E-state index contributed by atoms with van der Waals surface area (Å²) in [6, 6.07) is 17.6. The van der Waals surface area contributed by atoms with Crippen molar-refractivity contribution in [2.24, 2.45) is 5.73 Å². The molecular formula is C29H37N2O5+. The summed E-state index contributed by atoms with van der Waals surface area (Å²) in [7, 11) is 0. The summed E-state index contributed by atoms with van der Waals surface area (Å²) < 4.78 is 13.5. The van der Waals surface area contributed by atoms with Crippen LogP contribution in [0.2, 0.25) is 0 Å². The van der Waals surface area contributed by atoms with E-state index in [1.54, 1.807) is 48.5 Å². The smallest absolute Gasteiger partial charge is 0.360 e. The first-order chi connectivity index (χ1) is 17.4. The van der Waals surface area contributed by atoms with Gasteiger partial charge in [0.2, 0.25) is 0 Å². The molecule has 0 aromatic heterocycles. The quantitative estimate of drug-likeness (QED) is 0.455. The van der Waals surface area contributed by atoms with Gasteiger partial charge >= 0.3 is 11.9 Å². The molecule has 0 radical (unpaired) electrons. The van der Waals surface area contributed by atoms with Crippen LogP contribution < -0.4 is 5.73 Å². The Morgan fingerprint density at radius 3 is 1.92 bits per heavy atom. The standard InChI is InChI=1S/C29H37N2O5/c1-20(32)26(30)27(33)36-29(21-10-4-2-5-11-21,22-12-6-3-7-13-22)28(34)35-25-18-23-14-15-24(19-25)31(23)16-8-9-17-31/h2-7,10-13,20,23-26,32H,8-9,14-19,30H2,1H3/q+1/t20-,23?,24?,25?,26+/m1/s1. The largest absolute Gasteiger partial charge is 0.458 e. The fourth-order valence-corrected chi connectivity index (χ4v) is 6.86. The van der Waals surface area contributed by atoms with Crippen molar-refractivity contribution in [2.45, 2.75) is 81.4 Å². The highest BCUT2D eigenvalue weighted by molar-refractivity contribution is 5.90. The fourth-order valence-electron chi connectivity index (χ4n) is 6.86. The van der Waals surface area contributed by atoms with Gasteiger partial charge in [-0.15, -0.1) is 0 Å². The number of hydrogen-bond acceptors (Lipinski definition) is 6. The minimum Gasteiger partial charge on any atom is -0.458 e. The van der Waals surface area contributed by atoms with Gasteiger partial charge in [-0.3, -0.25) is 4.79 Å². The Morgan fingerprint density at radius 1 is 0.944 bits per heavy atom. The number of aliphatic hydroxyl groups is 1. The lowest BCUT2D eigenvalue weighted by molar-refractivity contribution is -0.956. The average molecular weight is 494 g/mol. The minimum absolute atomic E-state index is 0.227. The summed E-state index contributed by atoms with van der Waals surface area (Å²) in [6.07, 6.45) is 5.23. The molecule has 2 bridgehead atoms. The van der Waals surface area contributed by atoms with E-state index in [1.165, 1.54) is 50.2 Å². The van der Waals surface area contributed by atoms with Gasteiger partial charge in [-0.2, -0.15) is 0 Å². The van der Waals surface area contributed by atoms with E-state index >= 15 is 0 Å². The van der Waals surface area contributed by atoms with Crippen LogP contribution in [0, 0.1) is 0 Å². The topological polar surface area (TPSA) is 98.9 Å². The number of esters is 2. The molecule has 2 aromatic carbocycles. The van der Waals surface area contributed by atoms with Crippen LogP contribution in [0.15, 0.2) is 60.7 Å². The normalized spacial score (nSPS) is 26.4. The number of carbonyl (C=O) groups excluding carboxylic acids is 2. The maximum atomic E-state index is 14.2. The molecule has 0 saturated carbocycles. The van der Waals surface area contributed by atoms with E-state index in [0.717, 1.165) is 12.8 Å². The maximum Gasteiger partial charge on any atom is 0.360 e. The second kappa shape index (κ2) is 9.96. The van der Waals surface area contributed by atoms with Gasteiger partial charge in [0.15, 0.2) is 0 Å². The molecule has 3 aliphatic heterocycles. The van der Waals surface area contributed by atoms with Crippen LogP contribution in [0.5, 0.6) is 0 Å². The van der Waals surface area contributed by atoms with E-state index < -0.39 is 29.7 Å². The van der Waals surface area contributed by atoms with Crippen molar-refractivity contribution in [2.75, 3.05) is 13.1 Å². The Labute approximate surface area is 212 Å². The number of nitrogens with two attached hydrogens (primary N) is 1. The van der Waals surface area contributed by atoms with Gasteiger partial charge in [0.25, 0.3) is 5.60 Å². The Balaban J connectivity index is 1.49. The predicted octanol–water partition coefficient (Wildman–Crippen LogP) is 3.03. The molecule has 7 nitrogen and oxygen atoms in total. The van der Waals surface area contributed by atoms with Crippen molar-refractivity contribution in [3.05, 3.63) is 71.8 Å². The molecular weight excluding hydrogens is 456 g/mol. The van der Waals surface area contributed by atoms with Crippen molar-refractivity contribution < 1.29 is 28.7 Å². The van der Waals surface area contributed by atoms with Gasteiger partial charge in [-0.1, -0.05) is 60.7 Å². The lowest BCUT2D eigenvalue weighted by Gasteiger charge is -2.47. The Hall–Kier alpha value is -2.74. The number of carbonyl (C=O) groups is 2. The molecule has 2 unspecified atom stereocenters. The van der Waals surface area contributed by atoms with Gasteiger partial charge in [0, 0.05) is 49.7 Å². The lowest BCUT2D eigenvalue weighted by Crippen LogP contribution is -2.60. The zero-order chi connectivity index (χ0) is 25.3. The number of quaternary nitrogens is 1. The van der Waals surface area contributed by atoms with Crippen molar-refractivity contribution in [3.63, 3.8) is 0 Å². The van der Waals surface area contributed by atoms with Gasteiger partial charge in [-0.05, 0) is 6.92 Å². The lowest BCUT2D eigenvalue weighted by atomic mass is 9.85. The molecule has 4 atom stereocenters. The van der Waals surface area contributed by atoms with Crippen molar-refractivity contribution in [3.8, 4) is 0 Å². The number of hydrogen-bond donors (Lipinski definition) is 2. The molecule has 0 aliphatic carbocycles. The summed E-state index contributed by atoms with van der Waals surface area (Å²) in [6.45, 7) is 3.90. The van der Waals surface area contributed by atoms with Crippen LogP contribution in [0.4, 0.5) is 0 Å². The molecule has 5 rings (SSSR count). The number of aliphatic hydroxyl groups excluding tert-OH is 1. The first kappa shape index (κ1) is 24.9. The van der Waals surface area contributed by atoms with Crippen LogP contribution in [0.25, 0.3) is 0 Å². The summed E-state index contributed by atoms with van der Waals surface area (Å²) in [5.74, 6) is -1.48. The molecule has 3 N–H and O–H groups in total. The van der Waals surface area contributed by atoms with E-state index in [9.17, 15) is 14.7 Å². The molecule has 3 aliphatic rings. The highest BCUT2D eigenvalue weighted by atomic mass is 16.6. The molecule has 3 saturated heterocycles. The zero-order valence-electron chi connectivity index (χ0n) is 20.9. The van der Waals surface area contributed by atoms with E-state index in [-0.39, 0.29) is 6.10 Å². The molecule has 3 fully saturated rings. The molecule has 2 aromatic rings. The van der Waals surface area contributed by atoms with E-state index in [1.807, 2.05) is 12.1 Å². The number of nitrogens with zero attached hydrogens (tertiary/aromatic N) is 1. The van der Waals surface area contributed by atoms with E-state index in [0.29, 0.717) is 23.2 Å². The predicted molar refractivity (Wildman–Crippen MR) is 135 cm³/mol. The molecule has 0 amide bonds. The number of ether oxygens (including phenoxy) is 2. The first-order valence-electron chi connectivity index (χ1n) is 13.2. The Kier molecular flexibility index (Phi) is 6.90. The monoisotopic (exact) mass is 493 g/mol. The third-order valence-corrected chi connectivity index (χ3v) is 8.72. The Bertz CT molecular complexity index is 1010. The van der Waals surface area contributed by atoms with Crippen LogP contribution in [0.3, 0.4) is 0 Å². The van der Waals surface area contributed by atoms with Gasteiger partial charge in [-0.25, -0.2) is 4.79 Å². The second-order valence-corrected chi connectivity index (χ2v) is 10.7. The maximum absolute atomic E-state index is 14.2. The molecule has 3 heterocycles. The SMILES string of the molecule is C[C@@H](O)[C@H](N)C(=O)OC(C(=O)OC1CC2CCC(C1)[N+]21CCCC1)(c1ccccc1)c1ccccc1. The van der Waals surface area contributed by atoms with Gasteiger partial charge < -0.3 is 24.8 Å². The van der Waals surface area contributed by atoms with Crippen LogP contribution in [0.1, 0.15) is 56.6 Å². The van der Waals surface area contributed by atoms with Crippen molar-refractivity contribution in [1.29, 1.82) is 0 Å². The van der Waals surface area contributed by atoms with Gasteiger partial charge in [0.05, 0.1) is 31.3 Å². The summed E-state index contributed by atoms with van der Waals surface area (Å²) in [4.78, 5) is 27.3. The third-order valence-electron chi connectivity index (χ3n) is 8.72. The number of benzene rings is 2. The Morgan fingerprint density at radius 2 is 1.44 bits per heavy atom. The van der Waals surface area contributed by atoms with Crippen LogP contribution in [-0.4, -0.2) is 65.0 Å². The number of piperidine rings is 1. The molecule has 36 heavy (non-hydrogen) atoms. The first-order valence-corrected chi connectivity index (χ1v) is 13.2. The summed E-state index contributed by atoms with van der Waals surface area (Å²) in [5.41, 5.74) is 5.07. The summed E-state index contributed by atoms with van der Waals surface area (Å²) >= 11 is 0. The van der Waals surface area contributed by atoms with E-state index in [2.05, 4.69) is 0 Å². The summed E-state index contributed by atoms with van der Waals surface area (Å²) in [5, 5.41) is 9.95. The van der Waals surface area contributed by atoms with Crippen molar-refractivity contribution in [1.82, 2.24) is 0 Å². The molecule has 1 spiro atoms. The van der Waals surface area contributed by atoms with Crippen molar-refractivity contribution >= 4 is 11.9 Å². The van der Waals surface area contributed by atoms with E-state index in [4.69, 9.17) is 15.2 Å². The molecule has 192 valence electrons. The van der Waals surface area contributed by atoms with Crippen LogP contribution >= 0.6 is 0 Å². The van der Waals surface area contributed by atoms with Gasteiger partial charge in [0.1, 0.15) is 12.1 Å².